The third-order valence-corrected chi connectivity index (χ3v) is 5.07. The number of Topliss-reactive ketones (excluding diaryl/α,β-unsaturated/α-hetero) is 1. The Hall–Kier alpha value is -1.49. The van der Waals surface area contributed by atoms with Gasteiger partial charge in [-0.25, -0.2) is 0 Å². The molecule has 3 nitrogen and oxygen atoms in total. The molecular weight excluding hydrogens is 353 g/mol. The van der Waals surface area contributed by atoms with Crippen molar-refractivity contribution in [3.8, 4) is 0 Å². The molecule has 2 aromatic carbocycles. The van der Waals surface area contributed by atoms with E-state index in [0.29, 0.717) is 32.6 Å². The number of hydrogen-bond acceptors (Lipinski definition) is 3. The predicted octanol–water partition coefficient (Wildman–Crippen LogP) is 5.32. The number of ketones is 1. The summed E-state index contributed by atoms with van der Waals surface area (Å²) in [6, 6.07) is 12.1. The highest BCUT2D eigenvalue weighted by molar-refractivity contribution is 8.00. The van der Waals surface area contributed by atoms with Crippen molar-refractivity contribution in [2.75, 3.05) is 11.1 Å². The first-order valence-electron chi connectivity index (χ1n) is 7.01. The van der Waals surface area contributed by atoms with Crippen molar-refractivity contribution in [3.05, 3.63) is 58.1 Å². The van der Waals surface area contributed by atoms with Crippen LogP contribution in [0.5, 0.6) is 0 Å². The third-order valence-electron chi connectivity index (χ3n) is 3.08. The Labute approximate surface area is 149 Å². The number of carbonyl (C=O) groups excluding carboxylic acids is 2. The Kier molecular flexibility index (Phi) is 6.51. The maximum absolute atomic E-state index is 12.2. The van der Waals surface area contributed by atoms with Crippen molar-refractivity contribution in [1.29, 1.82) is 0 Å². The number of halogens is 2. The minimum absolute atomic E-state index is 0.0284. The third kappa shape index (κ3) is 4.99. The van der Waals surface area contributed by atoms with Crippen LogP contribution < -0.4 is 5.32 Å². The van der Waals surface area contributed by atoms with Crippen LogP contribution in [0.15, 0.2) is 47.4 Å². The van der Waals surface area contributed by atoms with Gasteiger partial charge in [-0.05, 0) is 36.4 Å². The molecule has 2 aromatic rings. The van der Waals surface area contributed by atoms with Crippen LogP contribution in [-0.4, -0.2) is 17.4 Å². The van der Waals surface area contributed by atoms with E-state index in [2.05, 4.69) is 5.32 Å². The largest absolute Gasteiger partial charge is 0.326 e. The van der Waals surface area contributed by atoms with E-state index in [1.54, 1.807) is 49.4 Å². The van der Waals surface area contributed by atoms with Crippen LogP contribution >= 0.6 is 35.0 Å². The Bertz CT molecular complexity index is 697. The summed E-state index contributed by atoms with van der Waals surface area (Å²) in [6.07, 6.45) is 0.413. The fourth-order valence-electron chi connectivity index (χ4n) is 1.83. The highest BCUT2D eigenvalue weighted by Gasteiger charge is 2.11. The van der Waals surface area contributed by atoms with Gasteiger partial charge in [-0.15, -0.1) is 11.8 Å². The molecule has 120 valence electrons. The highest BCUT2D eigenvalue weighted by Crippen LogP contribution is 2.34. The summed E-state index contributed by atoms with van der Waals surface area (Å²) in [7, 11) is 0. The monoisotopic (exact) mass is 367 g/mol. The second-order valence-corrected chi connectivity index (χ2v) is 6.54. The van der Waals surface area contributed by atoms with Gasteiger partial charge in [0, 0.05) is 22.6 Å². The molecule has 0 spiro atoms. The van der Waals surface area contributed by atoms with Crippen LogP contribution in [0.25, 0.3) is 0 Å². The smallest absolute Gasteiger partial charge is 0.224 e. The van der Waals surface area contributed by atoms with Gasteiger partial charge in [-0.2, -0.15) is 0 Å². The number of anilines is 1. The molecule has 2 rings (SSSR count). The Balaban J connectivity index is 1.99. The number of rotatable bonds is 6. The van der Waals surface area contributed by atoms with E-state index in [9.17, 15) is 9.59 Å². The molecule has 1 amide bonds. The maximum atomic E-state index is 12.2. The number of amides is 1. The summed E-state index contributed by atoms with van der Waals surface area (Å²) in [5.74, 6) is 0.150. The van der Waals surface area contributed by atoms with Crippen molar-refractivity contribution < 1.29 is 9.59 Å². The minimum atomic E-state index is -0.0620. The normalized spacial score (nSPS) is 10.4. The van der Waals surface area contributed by atoms with Crippen LogP contribution in [-0.2, 0) is 4.79 Å². The summed E-state index contributed by atoms with van der Waals surface area (Å²) >= 11 is 13.5. The lowest BCUT2D eigenvalue weighted by atomic mass is 10.1. The zero-order valence-electron chi connectivity index (χ0n) is 12.4. The molecule has 0 aliphatic carbocycles. The lowest BCUT2D eigenvalue weighted by Gasteiger charge is -2.07. The lowest BCUT2D eigenvalue weighted by Crippen LogP contribution is -2.09. The van der Waals surface area contributed by atoms with Crippen molar-refractivity contribution >= 4 is 52.3 Å². The molecule has 0 saturated carbocycles. The zero-order valence-corrected chi connectivity index (χ0v) is 14.8. The van der Waals surface area contributed by atoms with E-state index in [1.165, 1.54) is 11.8 Å². The molecule has 0 bridgehead atoms. The molecule has 0 saturated heterocycles. The molecule has 0 atom stereocenters. The van der Waals surface area contributed by atoms with Crippen molar-refractivity contribution in [2.45, 2.75) is 18.2 Å². The van der Waals surface area contributed by atoms with Gasteiger partial charge in [0.25, 0.3) is 0 Å². The summed E-state index contributed by atoms with van der Waals surface area (Å²) in [5.41, 5.74) is 1.25. The van der Waals surface area contributed by atoms with Crippen molar-refractivity contribution in [2.24, 2.45) is 0 Å². The quantitative estimate of drug-likeness (QED) is 0.555. The maximum Gasteiger partial charge on any atom is 0.224 e. The van der Waals surface area contributed by atoms with Crippen molar-refractivity contribution in [3.63, 3.8) is 0 Å². The molecule has 0 fully saturated rings. The van der Waals surface area contributed by atoms with Gasteiger partial charge in [-0.1, -0.05) is 36.2 Å². The van der Waals surface area contributed by atoms with Crippen LogP contribution in [0.3, 0.4) is 0 Å². The molecule has 0 unspecified atom stereocenters. The van der Waals surface area contributed by atoms with Gasteiger partial charge in [0.05, 0.1) is 15.8 Å². The average molecular weight is 368 g/mol. The standard InChI is InChI=1S/C17H15Cl2NO2S/c1-2-16(22)20-12-8-6-11(7-9-12)15(21)10-23-17-13(18)4-3-5-14(17)19/h3-9H,2,10H2,1H3,(H,20,22). The summed E-state index contributed by atoms with van der Waals surface area (Å²) in [4.78, 5) is 24.3. The Morgan fingerprint density at radius 2 is 1.65 bits per heavy atom. The summed E-state index contributed by atoms with van der Waals surface area (Å²) in [6.45, 7) is 1.78. The van der Waals surface area contributed by atoms with E-state index in [-0.39, 0.29) is 17.4 Å². The first-order valence-corrected chi connectivity index (χ1v) is 8.75. The molecule has 1 N–H and O–H groups in total. The Morgan fingerprint density at radius 1 is 1.04 bits per heavy atom. The first kappa shape index (κ1) is 17.9. The molecule has 23 heavy (non-hydrogen) atoms. The van der Waals surface area contributed by atoms with Gasteiger partial charge in [0.2, 0.25) is 5.91 Å². The van der Waals surface area contributed by atoms with E-state index in [1.807, 2.05) is 0 Å². The molecule has 0 aliphatic heterocycles. The van der Waals surface area contributed by atoms with E-state index >= 15 is 0 Å². The summed E-state index contributed by atoms with van der Waals surface area (Å²) in [5, 5.41) is 3.81. The number of thioether (sulfide) groups is 1. The second-order valence-electron chi connectivity index (χ2n) is 4.74. The number of nitrogens with one attached hydrogen (secondary N) is 1. The molecule has 0 heterocycles. The Morgan fingerprint density at radius 3 is 2.22 bits per heavy atom. The highest BCUT2D eigenvalue weighted by atomic mass is 35.5. The van der Waals surface area contributed by atoms with Crippen molar-refractivity contribution in [1.82, 2.24) is 0 Å². The van der Waals surface area contributed by atoms with Crippen LogP contribution in [0.2, 0.25) is 10.0 Å². The molecule has 6 heteroatoms. The van der Waals surface area contributed by atoms with E-state index in [0.717, 1.165) is 0 Å². The van der Waals surface area contributed by atoms with Gasteiger partial charge >= 0.3 is 0 Å². The second kappa shape index (κ2) is 8.39. The molecule has 0 aliphatic rings. The zero-order chi connectivity index (χ0) is 16.8. The van der Waals surface area contributed by atoms with Gasteiger partial charge in [-0.3, -0.25) is 9.59 Å². The number of hydrogen-bond donors (Lipinski definition) is 1. The van der Waals surface area contributed by atoms with Gasteiger partial charge in [0.15, 0.2) is 5.78 Å². The fraction of sp³-hybridized carbons (Fsp3) is 0.176. The molecule has 0 radical (unpaired) electrons. The van der Waals surface area contributed by atoms with Crippen LogP contribution in [0.4, 0.5) is 5.69 Å². The molecule has 0 aromatic heterocycles. The number of carbonyl (C=O) groups is 2. The first-order chi connectivity index (χ1) is 11.0. The van der Waals surface area contributed by atoms with E-state index < -0.39 is 0 Å². The minimum Gasteiger partial charge on any atom is -0.326 e. The fourth-order valence-corrected chi connectivity index (χ4v) is 3.41. The van der Waals surface area contributed by atoms with Crippen LogP contribution in [0, 0.1) is 0 Å². The van der Waals surface area contributed by atoms with Crippen LogP contribution in [0.1, 0.15) is 23.7 Å². The topological polar surface area (TPSA) is 46.2 Å². The summed E-state index contributed by atoms with van der Waals surface area (Å²) < 4.78 is 0. The van der Waals surface area contributed by atoms with E-state index in [4.69, 9.17) is 23.2 Å². The lowest BCUT2D eigenvalue weighted by molar-refractivity contribution is -0.115. The predicted molar refractivity (Wildman–Crippen MR) is 96.9 cm³/mol. The number of benzene rings is 2. The average Bonchev–Trinajstić information content (AvgIpc) is 2.54. The molecular formula is C17H15Cl2NO2S. The van der Waals surface area contributed by atoms with Gasteiger partial charge in [0.1, 0.15) is 0 Å². The van der Waals surface area contributed by atoms with Gasteiger partial charge < -0.3 is 5.32 Å². The SMILES string of the molecule is CCC(=O)Nc1ccc(C(=O)CSc2c(Cl)cccc2Cl)cc1.